The van der Waals surface area contributed by atoms with E-state index in [0.29, 0.717) is 0 Å². The van der Waals surface area contributed by atoms with Gasteiger partial charge in [0, 0.05) is 11.6 Å². The van der Waals surface area contributed by atoms with Crippen LogP contribution in [-0.4, -0.2) is 31.1 Å². The Morgan fingerprint density at radius 2 is 1.94 bits per heavy atom. The summed E-state index contributed by atoms with van der Waals surface area (Å²) in [6.07, 6.45) is 3.85. The lowest BCUT2D eigenvalue weighted by Gasteiger charge is -2.15. The normalized spacial score (nSPS) is 16.4. The fourth-order valence-electron chi connectivity index (χ4n) is 2.16. The number of benzene rings is 1. The van der Waals surface area contributed by atoms with E-state index in [1.54, 1.807) is 6.07 Å². The molecule has 0 radical (unpaired) electrons. The van der Waals surface area contributed by atoms with Crippen LogP contribution in [-0.2, 0) is 0 Å². The summed E-state index contributed by atoms with van der Waals surface area (Å²) in [6.45, 7) is 4.64. The summed E-state index contributed by atoms with van der Waals surface area (Å²) in [4.78, 5) is 2.52. The summed E-state index contributed by atoms with van der Waals surface area (Å²) < 4.78 is 0. The number of hydrogen-bond acceptors (Lipinski definition) is 2. The number of rotatable bonds is 5. The molecule has 2 rings (SSSR count). The third kappa shape index (κ3) is 4.06. The molecule has 1 aromatic rings. The average molecular weight is 273 g/mol. The summed E-state index contributed by atoms with van der Waals surface area (Å²) in [6, 6.07) is 5.51. The summed E-state index contributed by atoms with van der Waals surface area (Å²) in [5.41, 5.74) is 0.931. The Hall–Kier alpha value is -0.440. The van der Waals surface area contributed by atoms with Crippen molar-refractivity contribution in [2.45, 2.75) is 19.3 Å². The molecule has 0 aromatic heterocycles. The Balaban J connectivity index is 1.72. The SMILES string of the molecule is Clc1ccc(Cl)c(NCCCN2CCCC2)c1. The van der Waals surface area contributed by atoms with Crippen molar-refractivity contribution in [1.82, 2.24) is 4.90 Å². The number of halogens is 2. The largest absolute Gasteiger partial charge is 0.384 e. The third-order valence-corrected chi connectivity index (χ3v) is 3.66. The minimum Gasteiger partial charge on any atom is -0.384 e. The second-order valence-electron chi connectivity index (χ2n) is 4.45. The van der Waals surface area contributed by atoms with Crippen LogP contribution in [0.3, 0.4) is 0 Å². The van der Waals surface area contributed by atoms with Crippen molar-refractivity contribution < 1.29 is 0 Å². The Morgan fingerprint density at radius 3 is 2.71 bits per heavy atom. The van der Waals surface area contributed by atoms with Gasteiger partial charge in [0.1, 0.15) is 0 Å². The maximum Gasteiger partial charge on any atom is 0.0638 e. The highest BCUT2D eigenvalue weighted by Gasteiger charge is 2.10. The van der Waals surface area contributed by atoms with Gasteiger partial charge in [0.15, 0.2) is 0 Å². The van der Waals surface area contributed by atoms with Crippen molar-refractivity contribution in [3.63, 3.8) is 0 Å². The van der Waals surface area contributed by atoms with Crippen LogP contribution < -0.4 is 5.32 Å². The van der Waals surface area contributed by atoms with Crippen LogP contribution in [0, 0.1) is 0 Å². The monoisotopic (exact) mass is 272 g/mol. The van der Waals surface area contributed by atoms with E-state index in [1.165, 1.54) is 32.5 Å². The Kier molecular flexibility index (Phi) is 4.96. The van der Waals surface area contributed by atoms with Crippen molar-refractivity contribution in [2.24, 2.45) is 0 Å². The Morgan fingerprint density at radius 1 is 1.18 bits per heavy atom. The van der Waals surface area contributed by atoms with Crippen LogP contribution in [0.1, 0.15) is 19.3 Å². The number of likely N-dealkylation sites (tertiary alicyclic amines) is 1. The summed E-state index contributed by atoms with van der Waals surface area (Å²) in [5.74, 6) is 0. The summed E-state index contributed by atoms with van der Waals surface area (Å²) in [7, 11) is 0. The molecule has 0 saturated carbocycles. The molecule has 17 heavy (non-hydrogen) atoms. The van der Waals surface area contributed by atoms with Crippen LogP contribution in [0.2, 0.25) is 10.0 Å². The zero-order valence-corrected chi connectivity index (χ0v) is 11.4. The zero-order chi connectivity index (χ0) is 12.1. The highest BCUT2D eigenvalue weighted by atomic mass is 35.5. The molecule has 2 nitrogen and oxygen atoms in total. The third-order valence-electron chi connectivity index (χ3n) is 3.09. The van der Waals surface area contributed by atoms with Crippen LogP contribution in [0.4, 0.5) is 5.69 Å². The maximum atomic E-state index is 6.07. The van der Waals surface area contributed by atoms with E-state index in [9.17, 15) is 0 Å². The lowest BCUT2D eigenvalue weighted by Crippen LogP contribution is -2.22. The molecule has 0 unspecified atom stereocenters. The summed E-state index contributed by atoms with van der Waals surface area (Å²) in [5, 5.41) is 4.79. The van der Waals surface area contributed by atoms with E-state index in [-0.39, 0.29) is 0 Å². The second kappa shape index (κ2) is 6.48. The van der Waals surface area contributed by atoms with Crippen LogP contribution >= 0.6 is 23.2 Å². The molecule has 1 saturated heterocycles. The highest BCUT2D eigenvalue weighted by molar-refractivity contribution is 6.35. The predicted molar refractivity (Wildman–Crippen MR) is 75.2 cm³/mol. The molecular formula is C13H18Cl2N2. The minimum absolute atomic E-state index is 0.719. The van der Waals surface area contributed by atoms with E-state index in [1.807, 2.05) is 12.1 Å². The zero-order valence-electron chi connectivity index (χ0n) is 9.88. The van der Waals surface area contributed by atoms with Gasteiger partial charge in [-0.3, -0.25) is 0 Å². The van der Waals surface area contributed by atoms with Gasteiger partial charge in [0.2, 0.25) is 0 Å². The maximum absolute atomic E-state index is 6.07. The number of anilines is 1. The molecule has 1 N–H and O–H groups in total. The molecule has 1 aliphatic heterocycles. The van der Waals surface area contributed by atoms with E-state index in [0.717, 1.165) is 28.7 Å². The van der Waals surface area contributed by atoms with E-state index in [4.69, 9.17) is 23.2 Å². The van der Waals surface area contributed by atoms with Crippen LogP contribution in [0.15, 0.2) is 18.2 Å². The molecule has 1 heterocycles. The number of hydrogen-bond donors (Lipinski definition) is 1. The van der Waals surface area contributed by atoms with Gasteiger partial charge in [-0.2, -0.15) is 0 Å². The quantitative estimate of drug-likeness (QED) is 0.819. The van der Waals surface area contributed by atoms with Gasteiger partial charge in [-0.15, -0.1) is 0 Å². The van der Waals surface area contributed by atoms with Crippen LogP contribution in [0.5, 0.6) is 0 Å². The fraction of sp³-hybridized carbons (Fsp3) is 0.538. The standard InChI is InChI=1S/C13H18Cl2N2/c14-11-4-5-12(15)13(10-11)16-6-3-9-17-7-1-2-8-17/h4-5,10,16H,1-3,6-9H2. The molecule has 94 valence electrons. The first kappa shape index (κ1) is 13.0. The van der Waals surface area contributed by atoms with Crippen molar-refractivity contribution in [3.05, 3.63) is 28.2 Å². The van der Waals surface area contributed by atoms with E-state index in [2.05, 4.69) is 10.2 Å². The van der Waals surface area contributed by atoms with Gasteiger partial charge < -0.3 is 10.2 Å². The van der Waals surface area contributed by atoms with Crippen molar-refractivity contribution in [2.75, 3.05) is 31.5 Å². The molecule has 0 aliphatic carbocycles. The Labute approximate surface area is 113 Å². The molecule has 0 spiro atoms. The number of nitrogens with zero attached hydrogens (tertiary/aromatic N) is 1. The first-order valence-electron chi connectivity index (χ1n) is 6.17. The van der Waals surface area contributed by atoms with Gasteiger partial charge in [0.25, 0.3) is 0 Å². The first-order chi connectivity index (χ1) is 8.25. The van der Waals surface area contributed by atoms with Gasteiger partial charge in [-0.25, -0.2) is 0 Å². The summed E-state index contributed by atoms with van der Waals surface area (Å²) >= 11 is 12.0. The molecular weight excluding hydrogens is 255 g/mol. The Bertz CT molecular complexity index is 362. The molecule has 0 bridgehead atoms. The van der Waals surface area contributed by atoms with Crippen molar-refractivity contribution >= 4 is 28.9 Å². The molecule has 1 aromatic carbocycles. The van der Waals surface area contributed by atoms with Gasteiger partial charge in [0.05, 0.1) is 10.7 Å². The van der Waals surface area contributed by atoms with E-state index >= 15 is 0 Å². The lowest BCUT2D eigenvalue weighted by molar-refractivity contribution is 0.337. The molecule has 1 fully saturated rings. The lowest BCUT2D eigenvalue weighted by atomic mass is 10.3. The predicted octanol–water partition coefficient (Wildman–Crippen LogP) is 3.89. The average Bonchev–Trinajstić information content (AvgIpc) is 2.82. The van der Waals surface area contributed by atoms with Crippen molar-refractivity contribution in [3.8, 4) is 0 Å². The second-order valence-corrected chi connectivity index (χ2v) is 5.30. The highest BCUT2D eigenvalue weighted by Crippen LogP contribution is 2.25. The molecule has 4 heteroatoms. The topological polar surface area (TPSA) is 15.3 Å². The minimum atomic E-state index is 0.719. The van der Waals surface area contributed by atoms with Crippen LogP contribution in [0.25, 0.3) is 0 Å². The van der Waals surface area contributed by atoms with Gasteiger partial charge >= 0.3 is 0 Å². The fourth-order valence-corrected chi connectivity index (χ4v) is 2.52. The molecule has 0 atom stereocenters. The van der Waals surface area contributed by atoms with E-state index < -0.39 is 0 Å². The first-order valence-corrected chi connectivity index (χ1v) is 6.92. The van der Waals surface area contributed by atoms with Gasteiger partial charge in [-0.1, -0.05) is 23.2 Å². The van der Waals surface area contributed by atoms with Crippen molar-refractivity contribution in [1.29, 1.82) is 0 Å². The van der Waals surface area contributed by atoms with Gasteiger partial charge in [-0.05, 0) is 57.1 Å². The molecule has 0 amide bonds. The number of nitrogens with one attached hydrogen (secondary N) is 1. The molecule has 1 aliphatic rings. The smallest absolute Gasteiger partial charge is 0.0638 e.